The van der Waals surface area contributed by atoms with Crippen molar-refractivity contribution in [3.05, 3.63) is 24.1 Å². The monoisotopic (exact) mass is 289 g/mol. The van der Waals surface area contributed by atoms with Gasteiger partial charge in [0.25, 0.3) is 0 Å². The molecule has 0 spiro atoms. The summed E-state index contributed by atoms with van der Waals surface area (Å²) in [4.78, 5) is 15.2. The summed E-state index contributed by atoms with van der Waals surface area (Å²) < 4.78 is 10.5. The van der Waals surface area contributed by atoms with E-state index in [-0.39, 0.29) is 0 Å². The van der Waals surface area contributed by atoms with Crippen LogP contribution in [0.4, 0.5) is 5.82 Å². The summed E-state index contributed by atoms with van der Waals surface area (Å²) in [6, 6.07) is 0. The molecular weight excluding hydrogens is 270 g/mol. The molecule has 0 aliphatic carbocycles. The van der Waals surface area contributed by atoms with E-state index < -0.39 is 0 Å². The molecule has 3 heterocycles. The lowest BCUT2D eigenvalue weighted by molar-refractivity contribution is 0.325. The molecule has 1 aliphatic heterocycles. The van der Waals surface area contributed by atoms with Gasteiger partial charge in [-0.2, -0.15) is 9.97 Å². The van der Waals surface area contributed by atoms with Crippen molar-refractivity contribution >= 4 is 5.82 Å². The average Bonchev–Trinajstić information content (AvgIpc) is 2.95. The number of anilines is 1. The van der Waals surface area contributed by atoms with E-state index in [4.69, 9.17) is 9.26 Å². The number of hydrogen-bond donors (Lipinski definition) is 0. The van der Waals surface area contributed by atoms with Gasteiger partial charge in [-0.1, -0.05) is 5.16 Å². The second kappa shape index (κ2) is 6.07. The molecule has 0 saturated carbocycles. The first-order valence-electron chi connectivity index (χ1n) is 7.26. The molecule has 0 N–H and O–H groups in total. The average molecular weight is 289 g/mol. The standard InChI is InChI=1S/C14H19N5O2/c1-3-20-13-9-15-8-12(17-13)19-6-4-11(5-7-19)14-16-10(2)21-18-14/h8-9,11H,3-7H2,1-2H3. The fourth-order valence-corrected chi connectivity index (χ4v) is 2.56. The largest absolute Gasteiger partial charge is 0.477 e. The van der Waals surface area contributed by atoms with E-state index in [0.29, 0.717) is 24.3 Å². The van der Waals surface area contributed by atoms with E-state index in [1.54, 1.807) is 12.4 Å². The fraction of sp³-hybridized carbons (Fsp3) is 0.571. The zero-order valence-corrected chi connectivity index (χ0v) is 12.3. The summed E-state index contributed by atoms with van der Waals surface area (Å²) in [7, 11) is 0. The van der Waals surface area contributed by atoms with E-state index in [0.717, 1.165) is 37.6 Å². The van der Waals surface area contributed by atoms with Crippen LogP contribution in [-0.2, 0) is 0 Å². The van der Waals surface area contributed by atoms with Crippen molar-refractivity contribution in [1.29, 1.82) is 0 Å². The fourth-order valence-electron chi connectivity index (χ4n) is 2.56. The Kier molecular flexibility index (Phi) is 3.98. The lowest BCUT2D eigenvalue weighted by Crippen LogP contribution is -2.33. The van der Waals surface area contributed by atoms with Crippen LogP contribution in [0.2, 0.25) is 0 Å². The number of aryl methyl sites for hydroxylation is 1. The molecule has 0 amide bonds. The first-order chi connectivity index (χ1) is 10.3. The van der Waals surface area contributed by atoms with Gasteiger partial charge in [-0.05, 0) is 19.8 Å². The van der Waals surface area contributed by atoms with Crippen LogP contribution in [0, 0.1) is 6.92 Å². The third-order valence-corrected chi connectivity index (χ3v) is 3.62. The van der Waals surface area contributed by atoms with Crippen molar-refractivity contribution in [2.45, 2.75) is 32.6 Å². The predicted molar refractivity (Wildman–Crippen MR) is 76.4 cm³/mol. The maximum atomic E-state index is 5.40. The van der Waals surface area contributed by atoms with E-state index in [9.17, 15) is 0 Å². The molecule has 1 saturated heterocycles. The Morgan fingerprint density at radius 3 is 2.76 bits per heavy atom. The minimum Gasteiger partial charge on any atom is -0.477 e. The number of hydrogen-bond acceptors (Lipinski definition) is 7. The lowest BCUT2D eigenvalue weighted by Gasteiger charge is -2.31. The van der Waals surface area contributed by atoms with Gasteiger partial charge in [-0.15, -0.1) is 0 Å². The van der Waals surface area contributed by atoms with Crippen molar-refractivity contribution < 1.29 is 9.26 Å². The first-order valence-corrected chi connectivity index (χ1v) is 7.26. The Bertz CT molecular complexity index is 593. The molecule has 3 rings (SSSR count). The minimum absolute atomic E-state index is 0.363. The van der Waals surface area contributed by atoms with Crippen LogP contribution >= 0.6 is 0 Å². The molecule has 112 valence electrons. The number of aromatic nitrogens is 4. The van der Waals surface area contributed by atoms with Crippen molar-refractivity contribution in [3.63, 3.8) is 0 Å². The van der Waals surface area contributed by atoms with Crippen LogP contribution in [0.1, 0.15) is 37.4 Å². The highest BCUT2D eigenvalue weighted by Crippen LogP contribution is 2.28. The highest BCUT2D eigenvalue weighted by atomic mass is 16.5. The molecule has 0 aromatic carbocycles. The quantitative estimate of drug-likeness (QED) is 0.851. The Balaban J connectivity index is 1.64. The second-order valence-electron chi connectivity index (χ2n) is 5.08. The van der Waals surface area contributed by atoms with E-state index >= 15 is 0 Å². The van der Waals surface area contributed by atoms with Gasteiger partial charge in [0, 0.05) is 25.9 Å². The van der Waals surface area contributed by atoms with E-state index in [2.05, 4.69) is 25.0 Å². The van der Waals surface area contributed by atoms with Gasteiger partial charge < -0.3 is 14.2 Å². The van der Waals surface area contributed by atoms with Crippen LogP contribution < -0.4 is 9.64 Å². The summed E-state index contributed by atoms with van der Waals surface area (Å²) in [5.41, 5.74) is 0. The molecule has 7 nitrogen and oxygen atoms in total. The lowest BCUT2D eigenvalue weighted by atomic mass is 9.96. The van der Waals surface area contributed by atoms with Gasteiger partial charge in [-0.3, -0.25) is 4.98 Å². The summed E-state index contributed by atoms with van der Waals surface area (Å²) >= 11 is 0. The SMILES string of the molecule is CCOc1cncc(N2CCC(c3noc(C)n3)CC2)n1. The number of ether oxygens (including phenoxy) is 1. The van der Waals surface area contributed by atoms with E-state index in [1.165, 1.54) is 0 Å². The predicted octanol–water partition coefficient (Wildman–Crippen LogP) is 1.95. The Morgan fingerprint density at radius 1 is 1.29 bits per heavy atom. The first kappa shape index (κ1) is 13.8. The van der Waals surface area contributed by atoms with Crippen molar-refractivity contribution in [2.24, 2.45) is 0 Å². The van der Waals surface area contributed by atoms with Crippen LogP contribution in [0.25, 0.3) is 0 Å². The summed E-state index contributed by atoms with van der Waals surface area (Å²) in [5.74, 6) is 3.25. The van der Waals surface area contributed by atoms with Crippen LogP contribution in [0.5, 0.6) is 5.88 Å². The van der Waals surface area contributed by atoms with Gasteiger partial charge in [0.05, 0.1) is 19.0 Å². The topological polar surface area (TPSA) is 77.2 Å². The number of rotatable bonds is 4. The molecule has 2 aromatic heterocycles. The highest BCUT2D eigenvalue weighted by molar-refractivity contribution is 5.38. The zero-order chi connectivity index (χ0) is 14.7. The normalized spacial score (nSPS) is 16.2. The van der Waals surface area contributed by atoms with Gasteiger partial charge >= 0.3 is 0 Å². The maximum absolute atomic E-state index is 5.40. The molecule has 1 aliphatic rings. The molecule has 0 atom stereocenters. The molecule has 0 bridgehead atoms. The molecule has 0 unspecified atom stereocenters. The Labute approximate surface area is 123 Å². The number of piperidine rings is 1. The van der Waals surface area contributed by atoms with Crippen molar-refractivity contribution in [1.82, 2.24) is 20.1 Å². The number of nitrogens with zero attached hydrogens (tertiary/aromatic N) is 5. The summed E-state index contributed by atoms with van der Waals surface area (Å²) in [6.07, 6.45) is 5.39. The van der Waals surface area contributed by atoms with Gasteiger partial charge in [0.1, 0.15) is 0 Å². The Hall–Kier alpha value is -2.18. The molecule has 1 fully saturated rings. The summed E-state index contributed by atoms with van der Waals surface area (Å²) in [6.45, 7) is 6.16. The molecular formula is C14H19N5O2. The molecule has 0 radical (unpaired) electrons. The van der Waals surface area contributed by atoms with Gasteiger partial charge in [-0.25, -0.2) is 0 Å². The van der Waals surface area contributed by atoms with Gasteiger partial charge in [0.15, 0.2) is 11.6 Å². The molecule has 21 heavy (non-hydrogen) atoms. The van der Waals surface area contributed by atoms with Crippen LogP contribution in [0.15, 0.2) is 16.9 Å². The third kappa shape index (κ3) is 3.12. The second-order valence-corrected chi connectivity index (χ2v) is 5.08. The smallest absolute Gasteiger partial charge is 0.234 e. The van der Waals surface area contributed by atoms with Crippen LogP contribution in [0.3, 0.4) is 0 Å². The highest BCUT2D eigenvalue weighted by Gasteiger charge is 2.25. The Morgan fingerprint density at radius 2 is 2.10 bits per heavy atom. The molecule has 2 aromatic rings. The zero-order valence-electron chi connectivity index (χ0n) is 12.3. The maximum Gasteiger partial charge on any atom is 0.234 e. The minimum atomic E-state index is 0.363. The third-order valence-electron chi connectivity index (χ3n) is 3.62. The van der Waals surface area contributed by atoms with E-state index in [1.807, 2.05) is 13.8 Å². The van der Waals surface area contributed by atoms with Gasteiger partial charge in [0.2, 0.25) is 11.8 Å². The molecule has 7 heteroatoms. The van der Waals surface area contributed by atoms with Crippen LogP contribution in [-0.4, -0.2) is 39.8 Å². The van der Waals surface area contributed by atoms with Crippen molar-refractivity contribution in [2.75, 3.05) is 24.6 Å². The van der Waals surface area contributed by atoms with Crippen molar-refractivity contribution in [3.8, 4) is 5.88 Å². The summed E-state index contributed by atoms with van der Waals surface area (Å²) in [5, 5.41) is 4.02.